The Morgan fingerprint density at radius 1 is 1.14 bits per heavy atom. The second-order valence-corrected chi connectivity index (χ2v) is 7.25. The largest absolute Gasteiger partial charge is 0.496 e. The van der Waals surface area contributed by atoms with Gasteiger partial charge in [-0.1, -0.05) is 19.9 Å². The molecule has 0 fully saturated rings. The Morgan fingerprint density at radius 3 is 2.62 bits per heavy atom. The fourth-order valence-electron chi connectivity index (χ4n) is 3.49. The number of hydrogen-bond donors (Lipinski definition) is 0. The minimum Gasteiger partial charge on any atom is -0.496 e. The number of carbonyl (C=O) groups excluding carboxylic acids is 1. The SMILES string of the molecule is COc1ccc(F)cc1C1=NN(C(=O)C(C)C)[C@@H](c2ccc3nccnc3c2)C1. The summed E-state index contributed by atoms with van der Waals surface area (Å²) >= 11 is 0. The van der Waals surface area contributed by atoms with Crippen LogP contribution in [0.15, 0.2) is 53.9 Å². The van der Waals surface area contributed by atoms with E-state index in [1.807, 2.05) is 32.0 Å². The number of fused-ring (bicyclic) bond motifs is 1. The maximum absolute atomic E-state index is 13.9. The van der Waals surface area contributed by atoms with Gasteiger partial charge in [-0.2, -0.15) is 5.10 Å². The molecule has 0 saturated heterocycles. The summed E-state index contributed by atoms with van der Waals surface area (Å²) in [5, 5.41) is 6.09. The fourth-order valence-corrected chi connectivity index (χ4v) is 3.49. The lowest BCUT2D eigenvalue weighted by Gasteiger charge is -2.23. The number of aromatic nitrogens is 2. The average Bonchev–Trinajstić information content (AvgIpc) is 3.18. The van der Waals surface area contributed by atoms with E-state index in [0.717, 1.165) is 16.6 Å². The van der Waals surface area contributed by atoms with Crippen molar-refractivity contribution in [2.45, 2.75) is 26.3 Å². The van der Waals surface area contributed by atoms with Crippen LogP contribution in [0.2, 0.25) is 0 Å². The third kappa shape index (κ3) is 3.55. The van der Waals surface area contributed by atoms with Crippen molar-refractivity contribution in [2.24, 2.45) is 11.0 Å². The Labute approximate surface area is 168 Å². The van der Waals surface area contributed by atoms with E-state index in [-0.39, 0.29) is 23.7 Å². The van der Waals surface area contributed by atoms with Gasteiger partial charge in [-0.05, 0) is 35.9 Å². The van der Waals surface area contributed by atoms with Gasteiger partial charge < -0.3 is 4.74 Å². The number of rotatable bonds is 4. The minimum atomic E-state index is -0.380. The van der Waals surface area contributed by atoms with Crippen LogP contribution in [0.3, 0.4) is 0 Å². The fraction of sp³-hybridized carbons (Fsp3) is 0.273. The van der Waals surface area contributed by atoms with Gasteiger partial charge in [0.2, 0.25) is 5.91 Å². The standard InChI is InChI=1S/C22H21FN4O2/c1-13(2)22(28)27-20(14-4-6-17-19(10-14)25-9-8-24-17)12-18(26-27)16-11-15(23)5-7-21(16)29-3/h4-11,13,20H,12H2,1-3H3/t20-/m1/s1. The number of nitrogens with zero attached hydrogens (tertiary/aromatic N) is 4. The van der Waals surface area contributed by atoms with Crippen molar-refractivity contribution < 1.29 is 13.9 Å². The number of methoxy groups -OCH3 is 1. The van der Waals surface area contributed by atoms with Crippen LogP contribution < -0.4 is 4.74 Å². The Hall–Kier alpha value is -3.35. The number of carbonyl (C=O) groups is 1. The molecule has 0 bridgehead atoms. The summed E-state index contributed by atoms with van der Waals surface area (Å²) in [4.78, 5) is 21.5. The molecule has 2 aromatic carbocycles. The van der Waals surface area contributed by atoms with Gasteiger partial charge in [-0.3, -0.25) is 14.8 Å². The maximum Gasteiger partial charge on any atom is 0.245 e. The first kappa shape index (κ1) is 19.0. The van der Waals surface area contributed by atoms with E-state index in [1.165, 1.54) is 24.3 Å². The second kappa shape index (κ2) is 7.58. The number of ether oxygens (including phenoxy) is 1. The lowest BCUT2D eigenvalue weighted by molar-refractivity contribution is -0.136. The molecule has 1 amide bonds. The molecule has 0 aliphatic carbocycles. The molecule has 0 N–H and O–H groups in total. The van der Waals surface area contributed by atoms with Crippen LogP contribution in [0.4, 0.5) is 4.39 Å². The predicted molar refractivity (Wildman–Crippen MR) is 108 cm³/mol. The predicted octanol–water partition coefficient (Wildman–Crippen LogP) is 4.11. The lowest BCUT2D eigenvalue weighted by atomic mass is 9.97. The van der Waals surface area contributed by atoms with E-state index in [4.69, 9.17) is 4.74 Å². The third-order valence-electron chi connectivity index (χ3n) is 4.98. The van der Waals surface area contributed by atoms with Crippen molar-refractivity contribution in [3.63, 3.8) is 0 Å². The first-order chi connectivity index (χ1) is 14.0. The van der Waals surface area contributed by atoms with Gasteiger partial charge in [-0.15, -0.1) is 0 Å². The van der Waals surface area contributed by atoms with Gasteiger partial charge in [0.15, 0.2) is 0 Å². The van der Waals surface area contributed by atoms with Crippen LogP contribution in [0.1, 0.15) is 37.4 Å². The molecule has 6 nitrogen and oxygen atoms in total. The Balaban J connectivity index is 1.78. The maximum atomic E-state index is 13.9. The van der Waals surface area contributed by atoms with E-state index in [0.29, 0.717) is 23.4 Å². The first-order valence-electron chi connectivity index (χ1n) is 9.43. The zero-order valence-corrected chi connectivity index (χ0v) is 16.5. The molecule has 1 atom stereocenters. The number of hydrogen-bond acceptors (Lipinski definition) is 5. The van der Waals surface area contributed by atoms with Crippen molar-refractivity contribution in [1.29, 1.82) is 0 Å². The second-order valence-electron chi connectivity index (χ2n) is 7.25. The molecule has 7 heteroatoms. The highest BCUT2D eigenvalue weighted by atomic mass is 19.1. The summed E-state index contributed by atoms with van der Waals surface area (Å²) in [6.07, 6.45) is 3.73. The molecule has 1 aliphatic heterocycles. The minimum absolute atomic E-state index is 0.0976. The van der Waals surface area contributed by atoms with Crippen LogP contribution in [-0.4, -0.2) is 33.7 Å². The van der Waals surface area contributed by atoms with Gasteiger partial charge in [0, 0.05) is 30.3 Å². The van der Waals surface area contributed by atoms with Gasteiger partial charge >= 0.3 is 0 Å². The van der Waals surface area contributed by atoms with E-state index in [2.05, 4.69) is 15.1 Å². The molecule has 1 aliphatic rings. The molecule has 29 heavy (non-hydrogen) atoms. The van der Waals surface area contributed by atoms with Crippen molar-refractivity contribution in [3.8, 4) is 5.75 Å². The highest BCUT2D eigenvalue weighted by Crippen LogP contribution is 2.36. The van der Waals surface area contributed by atoms with Crippen LogP contribution in [0.5, 0.6) is 5.75 Å². The normalized spacial score (nSPS) is 16.4. The summed E-state index contributed by atoms with van der Waals surface area (Å²) in [5.74, 6) is -0.184. The van der Waals surface area contributed by atoms with E-state index in [1.54, 1.807) is 18.5 Å². The third-order valence-corrected chi connectivity index (χ3v) is 4.98. The van der Waals surface area contributed by atoms with Crippen molar-refractivity contribution in [2.75, 3.05) is 7.11 Å². The van der Waals surface area contributed by atoms with Crippen molar-refractivity contribution >= 4 is 22.7 Å². The first-order valence-corrected chi connectivity index (χ1v) is 9.43. The Kier molecular flexibility index (Phi) is 4.96. The monoisotopic (exact) mass is 392 g/mol. The highest BCUT2D eigenvalue weighted by molar-refractivity contribution is 6.05. The number of amides is 1. The van der Waals surface area contributed by atoms with E-state index < -0.39 is 0 Å². The van der Waals surface area contributed by atoms with Crippen LogP contribution in [-0.2, 0) is 4.79 Å². The van der Waals surface area contributed by atoms with Gasteiger partial charge in [-0.25, -0.2) is 9.40 Å². The summed E-state index contributed by atoms with van der Waals surface area (Å²) in [6.45, 7) is 3.67. The van der Waals surface area contributed by atoms with E-state index in [9.17, 15) is 9.18 Å². The summed E-state index contributed by atoms with van der Waals surface area (Å²) in [7, 11) is 1.53. The molecule has 4 rings (SSSR count). The summed E-state index contributed by atoms with van der Waals surface area (Å²) in [5.41, 5.74) is 3.60. The summed E-state index contributed by atoms with van der Waals surface area (Å²) < 4.78 is 19.3. The van der Waals surface area contributed by atoms with Crippen LogP contribution >= 0.6 is 0 Å². The number of halogens is 1. The Bertz CT molecular complexity index is 1110. The van der Waals surface area contributed by atoms with Crippen molar-refractivity contribution in [3.05, 3.63) is 65.7 Å². The number of benzene rings is 2. The molecule has 1 aromatic heterocycles. The number of hydrazone groups is 1. The highest BCUT2D eigenvalue weighted by Gasteiger charge is 2.35. The quantitative estimate of drug-likeness (QED) is 0.670. The zero-order valence-electron chi connectivity index (χ0n) is 16.5. The van der Waals surface area contributed by atoms with Gasteiger partial charge in [0.05, 0.1) is 29.9 Å². The smallest absolute Gasteiger partial charge is 0.245 e. The van der Waals surface area contributed by atoms with E-state index >= 15 is 0 Å². The topological polar surface area (TPSA) is 67.7 Å². The molecule has 3 aromatic rings. The molecule has 0 radical (unpaired) electrons. The van der Waals surface area contributed by atoms with Crippen LogP contribution in [0.25, 0.3) is 11.0 Å². The molecular formula is C22H21FN4O2. The molecule has 0 saturated carbocycles. The van der Waals surface area contributed by atoms with Crippen molar-refractivity contribution in [1.82, 2.24) is 15.0 Å². The molecular weight excluding hydrogens is 371 g/mol. The molecule has 148 valence electrons. The Morgan fingerprint density at radius 2 is 1.90 bits per heavy atom. The molecule has 0 spiro atoms. The molecule has 0 unspecified atom stereocenters. The lowest BCUT2D eigenvalue weighted by Crippen LogP contribution is -2.30. The van der Waals surface area contributed by atoms with Gasteiger partial charge in [0.25, 0.3) is 0 Å². The molecule has 2 heterocycles. The summed E-state index contributed by atoms with van der Waals surface area (Å²) in [6, 6.07) is 9.74. The van der Waals surface area contributed by atoms with Gasteiger partial charge in [0.1, 0.15) is 11.6 Å². The van der Waals surface area contributed by atoms with Crippen LogP contribution in [0, 0.1) is 11.7 Å². The zero-order chi connectivity index (χ0) is 20.5. The average molecular weight is 392 g/mol.